The number of carbonyl (C=O) groups excluding carboxylic acids is 2. The van der Waals surface area contributed by atoms with Crippen LogP contribution in [-0.2, 0) is 4.79 Å². The Morgan fingerprint density at radius 1 is 1.30 bits per heavy atom. The van der Waals surface area contributed by atoms with Gasteiger partial charge in [0, 0.05) is 24.0 Å². The van der Waals surface area contributed by atoms with Crippen molar-refractivity contribution in [2.45, 2.75) is 24.1 Å². The van der Waals surface area contributed by atoms with E-state index in [1.165, 1.54) is 28.6 Å². The van der Waals surface area contributed by atoms with Gasteiger partial charge in [0.15, 0.2) is 0 Å². The molecule has 0 bridgehead atoms. The van der Waals surface area contributed by atoms with Gasteiger partial charge < -0.3 is 5.32 Å². The number of hydrogen-bond donors (Lipinski definition) is 1. The van der Waals surface area contributed by atoms with E-state index in [0.29, 0.717) is 13.1 Å². The summed E-state index contributed by atoms with van der Waals surface area (Å²) < 4.78 is 0. The van der Waals surface area contributed by atoms with Gasteiger partial charge >= 0.3 is 6.03 Å². The molecule has 27 heavy (non-hydrogen) atoms. The van der Waals surface area contributed by atoms with Crippen molar-refractivity contribution < 1.29 is 9.59 Å². The van der Waals surface area contributed by atoms with Crippen LogP contribution >= 0.6 is 23.1 Å². The third-order valence-corrected chi connectivity index (χ3v) is 6.43. The number of imide groups is 1. The highest BCUT2D eigenvalue weighted by molar-refractivity contribution is 8.00. The molecule has 0 radical (unpaired) electrons. The maximum Gasteiger partial charge on any atom is 0.324 e. The third-order valence-electron chi connectivity index (χ3n) is 4.46. The van der Waals surface area contributed by atoms with Crippen molar-refractivity contribution in [3.63, 3.8) is 0 Å². The average Bonchev–Trinajstić information content (AvgIpc) is 3.28. The summed E-state index contributed by atoms with van der Waals surface area (Å²) >= 11 is 2.94. The molecule has 1 atom stereocenters. The molecule has 3 amide bonds. The molecule has 1 saturated heterocycles. The van der Waals surface area contributed by atoms with Crippen molar-refractivity contribution in [1.29, 1.82) is 0 Å². The van der Waals surface area contributed by atoms with Crippen LogP contribution in [0.3, 0.4) is 0 Å². The van der Waals surface area contributed by atoms with Crippen LogP contribution in [0.2, 0.25) is 0 Å². The Hall–Kier alpha value is -2.45. The van der Waals surface area contributed by atoms with E-state index >= 15 is 0 Å². The van der Waals surface area contributed by atoms with Gasteiger partial charge in [-0.25, -0.2) is 14.8 Å². The number of urea groups is 1. The molecule has 1 aromatic carbocycles. The van der Waals surface area contributed by atoms with E-state index < -0.39 is 5.25 Å². The van der Waals surface area contributed by atoms with Crippen LogP contribution in [0.25, 0.3) is 21.3 Å². The van der Waals surface area contributed by atoms with Crippen molar-refractivity contribution in [2.75, 3.05) is 13.1 Å². The molecule has 3 heterocycles. The molecule has 1 aliphatic heterocycles. The topological polar surface area (TPSA) is 75.2 Å². The number of hydrogen-bond acceptors (Lipinski definition) is 6. The van der Waals surface area contributed by atoms with Gasteiger partial charge in [-0.3, -0.25) is 9.69 Å². The van der Waals surface area contributed by atoms with Crippen LogP contribution < -0.4 is 5.32 Å². The van der Waals surface area contributed by atoms with E-state index in [-0.39, 0.29) is 11.9 Å². The van der Waals surface area contributed by atoms with Crippen LogP contribution in [-0.4, -0.2) is 45.1 Å². The zero-order chi connectivity index (χ0) is 19.0. The molecule has 0 unspecified atom stereocenters. The molecule has 4 rings (SSSR count). The monoisotopic (exact) mass is 398 g/mol. The normalized spacial score (nSPS) is 15.2. The van der Waals surface area contributed by atoms with E-state index in [2.05, 4.69) is 51.9 Å². The molecular weight excluding hydrogens is 380 g/mol. The van der Waals surface area contributed by atoms with Crippen molar-refractivity contribution in [3.05, 3.63) is 41.5 Å². The van der Waals surface area contributed by atoms with E-state index in [1.54, 1.807) is 11.3 Å². The summed E-state index contributed by atoms with van der Waals surface area (Å²) in [6.45, 7) is 4.78. The molecule has 6 nitrogen and oxygen atoms in total. The Morgan fingerprint density at radius 3 is 2.78 bits per heavy atom. The average molecular weight is 399 g/mol. The largest absolute Gasteiger partial charge is 0.336 e. The maximum absolute atomic E-state index is 12.6. The van der Waals surface area contributed by atoms with Crippen LogP contribution in [0.1, 0.15) is 12.5 Å². The first-order valence-corrected chi connectivity index (χ1v) is 10.4. The smallest absolute Gasteiger partial charge is 0.324 e. The highest BCUT2D eigenvalue weighted by atomic mass is 32.2. The van der Waals surface area contributed by atoms with Gasteiger partial charge in [-0.1, -0.05) is 41.6 Å². The number of carbonyl (C=O) groups is 2. The minimum atomic E-state index is -0.419. The Labute approximate surface area is 165 Å². The number of thioether (sulfide) groups is 1. The number of aryl methyl sites for hydroxylation is 1. The Kier molecular flexibility index (Phi) is 4.84. The highest BCUT2D eigenvalue weighted by Gasteiger charge is 2.31. The summed E-state index contributed by atoms with van der Waals surface area (Å²) in [4.78, 5) is 35.4. The van der Waals surface area contributed by atoms with Crippen molar-refractivity contribution in [2.24, 2.45) is 0 Å². The van der Waals surface area contributed by atoms with Crippen LogP contribution in [0, 0.1) is 6.92 Å². The lowest BCUT2D eigenvalue weighted by Gasteiger charge is -2.17. The van der Waals surface area contributed by atoms with Gasteiger partial charge in [0.1, 0.15) is 16.2 Å². The molecular formula is C19H18N4O2S2. The maximum atomic E-state index is 12.6. The number of rotatable bonds is 4. The molecule has 138 valence electrons. The Balaban J connectivity index is 1.67. The number of amides is 3. The predicted octanol–water partition coefficient (Wildman–Crippen LogP) is 3.70. The fraction of sp³-hybridized carbons (Fsp3) is 0.263. The van der Waals surface area contributed by atoms with E-state index in [0.717, 1.165) is 26.4 Å². The zero-order valence-corrected chi connectivity index (χ0v) is 16.6. The molecule has 1 aliphatic rings. The predicted molar refractivity (Wildman–Crippen MR) is 108 cm³/mol. The summed E-state index contributed by atoms with van der Waals surface area (Å²) in [5.41, 5.74) is 3.37. The van der Waals surface area contributed by atoms with Crippen molar-refractivity contribution in [1.82, 2.24) is 20.2 Å². The van der Waals surface area contributed by atoms with Gasteiger partial charge in [0.05, 0.1) is 10.6 Å². The van der Waals surface area contributed by atoms with Gasteiger partial charge in [-0.05, 0) is 19.4 Å². The van der Waals surface area contributed by atoms with Gasteiger partial charge in [0.2, 0.25) is 5.91 Å². The number of aromatic nitrogens is 2. The summed E-state index contributed by atoms with van der Waals surface area (Å²) in [5, 5.41) is 6.04. The first kappa shape index (κ1) is 17.9. The molecule has 0 spiro atoms. The van der Waals surface area contributed by atoms with Gasteiger partial charge in [-0.15, -0.1) is 11.3 Å². The van der Waals surface area contributed by atoms with E-state index in [9.17, 15) is 9.59 Å². The quantitative estimate of drug-likeness (QED) is 0.536. The standard InChI is InChI=1S/C19H18N4O2S2/c1-11-3-5-13(6-4-11)14-9-26-16-15(14)17(22-10-21-16)27-12(2)18(24)23-8-7-20-19(23)25/h3-6,9-10,12H,7-8H2,1-2H3,(H,20,25)/t12-/m1/s1. The van der Waals surface area contributed by atoms with Crippen LogP contribution in [0.4, 0.5) is 4.79 Å². The van der Waals surface area contributed by atoms with Crippen molar-refractivity contribution in [3.8, 4) is 11.1 Å². The SMILES string of the molecule is Cc1ccc(-c2csc3ncnc(S[C@H](C)C(=O)N4CCNC4=O)c23)cc1. The lowest BCUT2D eigenvalue weighted by atomic mass is 10.1. The minimum Gasteiger partial charge on any atom is -0.336 e. The summed E-state index contributed by atoms with van der Waals surface area (Å²) in [6, 6.07) is 8.00. The van der Waals surface area contributed by atoms with E-state index in [4.69, 9.17) is 0 Å². The van der Waals surface area contributed by atoms with Crippen LogP contribution in [0.5, 0.6) is 0 Å². The molecule has 3 aromatic rings. The zero-order valence-electron chi connectivity index (χ0n) is 14.9. The number of nitrogens with zero attached hydrogens (tertiary/aromatic N) is 3. The van der Waals surface area contributed by atoms with Gasteiger partial charge in [0.25, 0.3) is 0 Å². The second kappa shape index (κ2) is 7.28. The third kappa shape index (κ3) is 3.42. The minimum absolute atomic E-state index is 0.200. The van der Waals surface area contributed by atoms with Gasteiger partial charge in [-0.2, -0.15) is 0 Å². The second-order valence-electron chi connectivity index (χ2n) is 6.36. The fourth-order valence-electron chi connectivity index (χ4n) is 3.00. The fourth-order valence-corrected chi connectivity index (χ4v) is 4.98. The summed E-state index contributed by atoms with van der Waals surface area (Å²) in [6.07, 6.45) is 1.53. The summed E-state index contributed by atoms with van der Waals surface area (Å²) in [5.74, 6) is -0.200. The molecule has 1 N–H and O–H groups in total. The molecule has 8 heteroatoms. The molecule has 0 saturated carbocycles. The molecule has 0 aliphatic carbocycles. The lowest BCUT2D eigenvalue weighted by molar-refractivity contribution is -0.126. The Morgan fingerprint density at radius 2 is 2.07 bits per heavy atom. The van der Waals surface area contributed by atoms with E-state index in [1.807, 2.05) is 6.92 Å². The van der Waals surface area contributed by atoms with Crippen LogP contribution in [0.15, 0.2) is 41.0 Å². The summed E-state index contributed by atoms with van der Waals surface area (Å²) in [7, 11) is 0. The Bertz CT molecular complexity index is 1020. The first-order chi connectivity index (χ1) is 13.0. The highest BCUT2D eigenvalue weighted by Crippen LogP contribution is 2.39. The number of benzene rings is 1. The molecule has 1 fully saturated rings. The van der Waals surface area contributed by atoms with Crippen molar-refractivity contribution >= 4 is 45.3 Å². The molecule has 2 aromatic heterocycles. The lowest BCUT2D eigenvalue weighted by Crippen LogP contribution is -2.38. The first-order valence-electron chi connectivity index (χ1n) is 8.59. The number of fused-ring (bicyclic) bond motifs is 1. The number of nitrogens with one attached hydrogen (secondary N) is 1. The number of thiophene rings is 1. The second-order valence-corrected chi connectivity index (χ2v) is 8.54.